The van der Waals surface area contributed by atoms with Crippen molar-refractivity contribution in [3.63, 3.8) is 0 Å². The minimum Gasteiger partial charge on any atom is -0.368 e. The monoisotopic (exact) mass is 312 g/mol. The molecule has 0 aliphatic rings. The van der Waals surface area contributed by atoms with Gasteiger partial charge in [-0.25, -0.2) is 13.4 Å². The van der Waals surface area contributed by atoms with Crippen molar-refractivity contribution in [1.82, 2.24) is 9.97 Å². The number of nitrogen functional groups attached to an aromatic ring is 1. The Balaban J connectivity index is 2.98. The van der Waals surface area contributed by atoms with Gasteiger partial charge in [-0.15, -0.1) is 0 Å². The van der Waals surface area contributed by atoms with Crippen LogP contribution in [-0.2, 0) is 16.0 Å². The summed E-state index contributed by atoms with van der Waals surface area (Å²) >= 11 is 0. The molecule has 114 valence electrons. The van der Waals surface area contributed by atoms with E-state index in [1.807, 2.05) is 0 Å². The second-order valence-electron chi connectivity index (χ2n) is 4.88. The summed E-state index contributed by atoms with van der Waals surface area (Å²) in [6.07, 6.45) is -3.61. The third-order valence-electron chi connectivity index (χ3n) is 2.73. The molecule has 1 aromatic rings. The first-order valence-corrected chi connectivity index (χ1v) is 7.37. The van der Waals surface area contributed by atoms with E-state index in [1.54, 1.807) is 0 Å². The fourth-order valence-corrected chi connectivity index (χ4v) is 1.47. The van der Waals surface area contributed by atoms with Crippen LogP contribution in [0.3, 0.4) is 0 Å². The fraction of sp³-hybridized carbons (Fsp3) is 0.600. The Morgan fingerprint density at radius 3 is 2.30 bits per heavy atom. The van der Waals surface area contributed by atoms with E-state index in [4.69, 9.17) is 5.73 Å². The number of rotatable bonds is 4. The zero-order valence-electron chi connectivity index (χ0n) is 11.1. The van der Waals surface area contributed by atoms with Gasteiger partial charge in [0.2, 0.25) is 5.95 Å². The lowest BCUT2D eigenvalue weighted by atomic mass is 10.2. The zero-order valence-corrected chi connectivity index (χ0v) is 11.9. The summed E-state index contributed by atoms with van der Waals surface area (Å²) in [5.41, 5.74) is 4.01. The van der Waals surface area contributed by atoms with Gasteiger partial charge in [-0.1, -0.05) is 0 Å². The van der Waals surface area contributed by atoms with Gasteiger partial charge in [0.05, 0.1) is 4.75 Å². The predicted octanol–water partition coefficient (Wildman–Crippen LogP) is 1.31. The van der Waals surface area contributed by atoms with Gasteiger partial charge < -0.3 is 11.1 Å². The molecule has 0 radical (unpaired) electrons. The molecule has 0 spiro atoms. The van der Waals surface area contributed by atoms with Gasteiger partial charge in [0.15, 0.2) is 15.5 Å². The molecule has 0 fully saturated rings. The van der Waals surface area contributed by atoms with Crippen LogP contribution in [0.25, 0.3) is 0 Å². The Bertz CT molecular complexity index is 599. The van der Waals surface area contributed by atoms with E-state index in [2.05, 4.69) is 15.3 Å². The lowest BCUT2D eigenvalue weighted by Crippen LogP contribution is -2.38. The van der Waals surface area contributed by atoms with Gasteiger partial charge >= 0.3 is 6.18 Å². The Morgan fingerprint density at radius 2 is 1.85 bits per heavy atom. The molecular formula is C10H15F3N4O2S. The molecule has 3 N–H and O–H groups in total. The van der Waals surface area contributed by atoms with E-state index >= 15 is 0 Å². The largest absolute Gasteiger partial charge is 0.433 e. The van der Waals surface area contributed by atoms with Crippen molar-refractivity contribution in [2.45, 2.75) is 24.8 Å². The summed E-state index contributed by atoms with van der Waals surface area (Å²) in [4.78, 5) is 6.67. The predicted molar refractivity (Wildman–Crippen MR) is 68.9 cm³/mol. The molecule has 0 unspecified atom stereocenters. The number of hydrogen-bond acceptors (Lipinski definition) is 6. The number of sulfone groups is 1. The van der Waals surface area contributed by atoms with Gasteiger partial charge in [-0.05, 0) is 13.8 Å². The van der Waals surface area contributed by atoms with Gasteiger partial charge in [0, 0.05) is 18.9 Å². The molecule has 1 heterocycles. The second-order valence-corrected chi connectivity index (χ2v) is 7.53. The van der Waals surface area contributed by atoms with Crippen molar-refractivity contribution < 1.29 is 21.6 Å². The quantitative estimate of drug-likeness (QED) is 0.870. The number of anilines is 2. The molecule has 1 aromatic heterocycles. The van der Waals surface area contributed by atoms with Crippen LogP contribution in [0, 0.1) is 0 Å². The van der Waals surface area contributed by atoms with Crippen LogP contribution in [0.5, 0.6) is 0 Å². The van der Waals surface area contributed by atoms with E-state index in [0.717, 1.165) is 6.26 Å². The second kappa shape index (κ2) is 5.08. The molecule has 0 saturated heterocycles. The van der Waals surface area contributed by atoms with Crippen molar-refractivity contribution in [1.29, 1.82) is 0 Å². The Morgan fingerprint density at radius 1 is 1.30 bits per heavy atom. The number of halogens is 3. The van der Waals surface area contributed by atoms with Crippen molar-refractivity contribution in [2.24, 2.45) is 0 Å². The van der Waals surface area contributed by atoms with E-state index < -0.39 is 32.4 Å². The molecule has 1 rings (SSSR count). The van der Waals surface area contributed by atoms with E-state index in [0.29, 0.717) is 6.07 Å². The first-order chi connectivity index (χ1) is 8.83. The highest BCUT2D eigenvalue weighted by molar-refractivity contribution is 7.92. The van der Waals surface area contributed by atoms with Crippen LogP contribution in [0.1, 0.15) is 19.5 Å². The normalized spacial score (nSPS) is 13.3. The molecular weight excluding hydrogens is 297 g/mol. The standard InChI is InChI=1S/C10H15F3N4O2S/c1-9(2,20(3,18)19)5-15-7-4-6(10(11,12)13)16-8(14)17-7/h4H,5H2,1-3H3,(H3,14,15,16,17). The number of alkyl halides is 3. The molecule has 10 heteroatoms. The van der Waals surface area contributed by atoms with E-state index in [1.165, 1.54) is 13.8 Å². The molecule has 0 aromatic carbocycles. The molecule has 0 aliphatic heterocycles. The number of nitrogens with one attached hydrogen (secondary N) is 1. The summed E-state index contributed by atoms with van der Waals surface area (Å²) in [5.74, 6) is -0.721. The summed E-state index contributed by atoms with van der Waals surface area (Å²) in [6.45, 7) is 2.79. The maximum Gasteiger partial charge on any atom is 0.433 e. The average Bonchev–Trinajstić information content (AvgIpc) is 2.23. The first-order valence-electron chi connectivity index (χ1n) is 5.48. The van der Waals surface area contributed by atoms with E-state index in [-0.39, 0.29) is 12.4 Å². The number of aromatic nitrogens is 2. The first kappa shape index (κ1) is 16.5. The molecule has 0 amide bonds. The molecule has 20 heavy (non-hydrogen) atoms. The number of nitrogens with zero attached hydrogens (tertiary/aromatic N) is 2. The van der Waals surface area contributed by atoms with Gasteiger partial charge in [-0.3, -0.25) is 0 Å². The Labute approximate surface area is 114 Å². The topological polar surface area (TPSA) is 98.0 Å². The minimum absolute atomic E-state index is 0.112. The molecule has 0 bridgehead atoms. The maximum absolute atomic E-state index is 12.5. The van der Waals surface area contributed by atoms with Crippen molar-refractivity contribution in [3.8, 4) is 0 Å². The van der Waals surface area contributed by atoms with Crippen molar-refractivity contribution in [3.05, 3.63) is 11.8 Å². The molecule has 0 atom stereocenters. The fourth-order valence-electron chi connectivity index (χ4n) is 1.14. The summed E-state index contributed by atoms with van der Waals surface area (Å²) in [5, 5.41) is 2.53. The Kier molecular flexibility index (Phi) is 4.18. The highest BCUT2D eigenvalue weighted by Gasteiger charge is 2.34. The molecule has 0 aliphatic carbocycles. The lowest BCUT2D eigenvalue weighted by molar-refractivity contribution is -0.141. The van der Waals surface area contributed by atoms with Gasteiger partial charge in [0.25, 0.3) is 0 Å². The van der Waals surface area contributed by atoms with Crippen LogP contribution < -0.4 is 11.1 Å². The van der Waals surface area contributed by atoms with Gasteiger partial charge in [0.1, 0.15) is 5.82 Å². The van der Waals surface area contributed by atoms with Crippen LogP contribution in [0.4, 0.5) is 24.9 Å². The lowest BCUT2D eigenvalue weighted by Gasteiger charge is -2.23. The summed E-state index contributed by atoms with van der Waals surface area (Å²) in [7, 11) is -3.38. The van der Waals surface area contributed by atoms with Crippen LogP contribution >= 0.6 is 0 Å². The number of hydrogen-bond donors (Lipinski definition) is 2. The van der Waals surface area contributed by atoms with Crippen LogP contribution in [0.2, 0.25) is 0 Å². The van der Waals surface area contributed by atoms with Gasteiger partial charge in [-0.2, -0.15) is 18.2 Å². The number of nitrogens with two attached hydrogens (primary N) is 1. The molecule has 0 saturated carbocycles. The highest BCUT2D eigenvalue weighted by atomic mass is 32.2. The summed E-state index contributed by atoms with van der Waals surface area (Å²) < 4.78 is 59.4. The third kappa shape index (κ3) is 3.95. The smallest absolute Gasteiger partial charge is 0.368 e. The van der Waals surface area contributed by atoms with Crippen LogP contribution in [0.15, 0.2) is 6.07 Å². The van der Waals surface area contributed by atoms with Crippen molar-refractivity contribution in [2.75, 3.05) is 23.9 Å². The third-order valence-corrected chi connectivity index (χ3v) is 4.88. The summed E-state index contributed by atoms with van der Waals surface area (Å²) in [6, 6.07) is 0.675. The SMILES string of the molecule is CC(C)(CNc1cc(C(F)(F)F)nc(N)n1)S(C)(=O)=O. The average molecular weight is 312 g/mol. The molecule has 6 nitrogen and oxygen atoms in total. The minimum atomic E-state index is -4.65. The zero-order chi connectivity index (χ0) is 15.8. The van der Waals surface area contributed by atoms with Crippen LogP contribution in [-0.4, -0.2) is 35.9 Å². The highest BCUT2D eigenvalue weighted by Crippen LogP contribution is 2.29. The van der Waals surface area contributed by atoms with E-state index in [9.17, 15) is 21.6 Å². The Hall–Kier alpha value is -1.58. The maximum atomic E-state index is 12.5. The van der Waals surface area contributed by atoms with Crippen molar-refractivity contribution >= 4 is 21.6 Å².